The van der Waals surface area contributed by atoms with Gasteiger partial charge in [-0.1, -0.05) is 0 Å². The minimum Gasteiger partial charge on any atom is -0.362 e. The second-order valence-electron chi connectivity index (χ2n) is 4.70. The van der Waals surface area contributed by atoms with Gasteiger partial charge in [-0.05, 0) is 19.1 Å². The SMILES string of the molecule is CCNC(=O)N1CCN(c2ccc(F)cc2[N+](=O)[O-])CC1. The van der Waals surface area contributed by atoms with E-state index in [4.69, 9.17) is 0 Å². The normalized spacial score (nSPS) is 15.0. The predicted molar refractivity (Wildman–Crippen MR) is 75.9 cm³/mol. The minimum atomic E-state index is -0.633. The molecule has 2 amide bonds. The summed E-state index contributed by atoms with van der Waals surface area (Å²) in [5, 5.41) is 13.7. The first-order valence-corrected chi connectivity index (χ1v) is 6.74. The van der Waals surface area contributed by atoms with E-state index >= 15 is 0 Å². The highest BCUT2D eigenvalue weighted by atomic mass is 19.1. The standard InChI is InChI=1S/C13H17FN4O3/c1-2-15-13(19)17-7-5-16(6-8-17)11-4-3-10(14)9-12(11)18(20)21/h3-4,9H,2,5-8H2,1H3,(H,15,19). The number of urea groups is 1. The molecule has 0 unspecified atom stereocenters. The Morgan fingerprint density at radius 2 is 2.05 bits per heavy atom. The summed E-state index contributed by atoms with van der Waals surface area (Å²) < 4.78 is 13.1. The van der Waals surface area contributed by atoms with Crippen molar-refractivity contribution in [3.63, 3.8) is 0 Å². The number of piperazine rings is 1. The van der Waals surface area contributed by atoms with Crippen molar-refractivity contribution in [2.24, 2.45) is 0 Å². The fraction of sp³-hybridized carbons (Fsp3) is 0.462. The zero-order valence-corrected chi connectivity index (χ0v) is 11.7. The summed E-state index contributed by atoms with van der Waals surface area (Å²) >= 11 is 0. The smallest absolute Gasteiger partial charge is 0.317 e. The summed E-state index contributed by atoms with van der Waals surface area (Å²) in [4.78, 5) is 25.6. The molecule has 1 fully saturated rings. The molecule has 0 aromatic heterocycles. The lowest BCUT2D eigenvalue weighted by Crippen LogP contribution is -2.51. The number of nitrogens with one attached hydrogen (secondary N) is 1. The van der Waals surface area contributed by atoms with Crippen molar-refractivity contribution < 1.29 is 14.1 Å². The van der Waals surface area contributed by atoms with Crippen molar-refractivity contribution in [2.75, 3.05) is 37.6 Å². The van der Waals surface area contributed by atoms with Crippen LogP contribution in [0.3, 0.4) is 0 Å². The molecule has 1 aromatic carbocycles. The van der Waals surface area contributed by atoms with Gasteiger partial charge in [-0.3, -0.25) is 10.1 Å². The molecule has 1 N–H and O–H groups in total. The summed E-state index contributed by atoms with van der Waals surface area (Å²) in [6.45, 7) is 4.30. The Hall–Kier alpha value is -2.38. The number of rotatable bonds is 3. The van der Waals surface area contributed by atoms with Gasteiger partial charge in [-0.15, -0.1) is 0 Å². The molecular weight excluding hydrogens is 279 g/mol. The molecule has 7 nitrogen and oxygen atoms in total. The van der Waals surface area contributed by atoms with Crippen molar-refractivity contribution in [3.05, 3.63) is 34.1 Å². The van der Waals surface area contributed by atoms with Crippen LogP contribution in [0.4, 0.5) is 20.6 Å². The molecule has 114 valence electrons. The van der Waals surface area contributed by atoms with Gasteiger partial charge in [0.15, 0.2) is 0 Å². The molecule has 0 radical (unpaired) electrons. The number of carbonyl (C=O) groups excluding carboxylic acids is 1. The van der Waals surface area contributed by atoms with E-state index in [-0.39, 0.29) is 11.7 Å². The highest BCUT2D eigenvalue weighted by Gasteiger charge is 2.25. The Labute approximate surface area is 121 Å². The highest BCUT2D eigenvalue weighted by molar-refractivity contribution is 5.74. The molecular formula is C13H17FN4O3. The molecule has 2 rings (SSSR count). The van der Waals surface area contributed by atoms with Gasteiger partial charge >= 0.3 is 6.03 Å². The zero-order chi connectivity index (χ0) is 15.4. The summed E-state index contributed by atoms with van der Waals surface area (Å²) in [6.07, 6.45) is 0. The Balaban J connectivity index is 2.09. The third-order valence-electron chi connectivity index (χ3n) is 3.37. The number of nitrogens with zero attached hydrogens (tertiary/aromatic N) is 3. The number of halogens is 1. The quantitative estimate of drug-likeness (QED) is 0.678. The third-order valence-corrected chi connectivity index (χ3v) is 3.37. The van der Waals surface area contributed by atoms with Crippen molar-refractivity contribution >= 4 is 17.4 Å². The molecule has 0 atom stereocenters. The number of anilines is 1. The van der Waals surface area contributed by atoms with Crippen molar-refractivity contribution in [3.8, 4) is 0 Å². The van der Waals surface area contributed by atoms with Crippen molar-refractivity contribution in [2.45, 2.75) is 6.92 Å². The van der Waals surface area contributed by atoms with Crippen LogP contribution in [0, 0.1) is 15.9 Å². The summed E-state index contributed by atoms with van der Waals surface area (Å²) in [5.74, 6) is -0.633. The number of nitro benzene ring substituents is 1. The van der Waals surface area contributed by atoms with Crippen LogP contribution >= 0.6 is 0 Å². The van der Waals surface area contributed by atoms with Crippen LogP contribution in [0.1, 0.15) is 6.92 Å². The van der Waals surface area contributed by atoms with Crippen LogP contribution in [0.15, 0.2) is 18.2 Å². The van der Waals surface area contributed by atoms with Crippen molar-refractivity contribution in [1.82, 2.24) is 10.2 Å². The minimum absolute atomic E-state index is 0.134. The Kier molecular flexibility index (Phi) is 4.56. The lowest BCUT2D eigenvalue weighted by atomic mass is 10.2. The van der Waals surface area contributed by atoms with E-state index in [0.29, 0.717) is 38.4 Å². The fourth-order valence-corrected chi connectivity index (χ4v) is 2.32. The predicted octanol–water partition coefficient (Wildman–Crippen LogP) is 1.59. The van der Waals surface area contributed by atoms with E-state index in [1.807, 2.05) is 6.92 Å². The van der Waals surface area contributed by atoms with Crippen LogP contribution in [0.2, 0.25) is 0 Å². The topological polar surface area (TPSA) is 78.7 Å². The molecule has 1 aliphatic heterocycles. The van der Waals surface area contributed by atoms with Crippen LogP contribution < -0.4 is 10.2 Å². The van der Waals surface area contributed by atoms with E-state index in [0.717, 1.165) is 6.07 Å². The average Bonchev–Trinajstić information content (AvgIpc) is 2.47. The van der Waals surface area contributed by atoms with Gasteiger partial charge in [-0.2, -0.15) is 0 Å². The van der Waals surface area contributed by atoms with Gasteiger partial charge in [0.05, 0.1) is 11.0 Å². The fourth-order valence-electron chi connectivity index (χ4n) is 2.32. The molecule has 0 aliphatic carbocycles. The third kappa shape index (κ3) is 3.39. The lowest BCUT2D eigenvalue weighted by Gasteiger charge is -2.35. The van der Waals surface area contributed by atoms with Gasteiger partial charge in [0.1, 0.15) is 11.5 Å². The largest absolute Gasteiger partial charge is 0.362 e. The second kappa shape index (κ2) is 6.38. The molecule has 1 heterocycles. The highest BCUT2D eigenvalue weighted by Crippen LogP contribution is 2.29. The van der Waals surface area contributed by atoms with Crippen LogP contribution in [0.5, 0.6) is 0 Å². The number of amides is 2. The van der Waals surface area contributed by atoms with Crippen molar-refractivity contribution in [1.29, 1.82) is 0 Å². The van der Waals surface area contributed by atoms with Gasteiger partial charge < -0.3 is 15.1 Å². The number of nitro groups is 1. The number of hydrogen-bond donors (Lipinski definition) is 1. The molecule has 0 bridgehead atoms. The first-order chi connectivity index (χ1) is 10.0. The molecule has 1 aromatic rings. The van der Waals surface area contributed by atoms with E-state index in [1.165, 1.54) is 12.1 Å². The monoisotopic (exact) mass is 296 g/mol. The van der Waals surface area contributed by atoms with E-state index in [9.17, 15) is 19.3 Å². The van der Waals surface area contributed by atoms with Gasteiger partial charge in [0, 0.05) is 32.7 Å². The average molecular weight is 296 g/mol. The van der Waals surface area contributed by atoms with Gasteiger partial charge in [0.2, 0.25) is 0 Å². The maximum Gasteiger partial charge on any atom is 0.317 e. The van der Waals surface area contributed by atoms with Crippen LogP contribution in [-0.4, -0.2) is 48.6 Å². The van der Waals surface area contributed by atoms with E-state index < -0.39 is 10.7 Å². The molecule has 21 heavy (non-hydrogen) atoms. The summed E-state index contributed by atoms with van der Waals surface area (Å²) in [7, 11) is 0. The number of benzene rings is 1. The van der Waals surface area contributed by atoms with Gasteiger partial charge in [0.25, 0.3) is 5.69 Å². The lowest BCUT2D eigenvalue weighted by molar-refractivity contribution is -0.384. The maximum absolute atomic E-state index is 13.1. The molecule has 0 saturated carbocycles. The van der Waals surface area contributed by atoms with E-state index in [2.05, 4.69) is 5.32 Å². The zero-order valence-electron chi connectivity index (χ0n) is 11.7. The molecule has 1 saturated heterocycles. The molecule has 0 spiro atoms. The number of carbonyl (C=O) groups is 1. The van der Waals surface area contributed by atoms with E-state index in [1.54, 1.807) is 9.80 Å². The number of hydrogen-bond acceptors (Lipinski definition) is 4. The van der Waals surface area contributed by atoms with Crippen LogP contribution in [0.25, 0.3) is 0 Å². The van der Waals surface area contributed by atoms with Gasteiger partial charge in [-0.25, -0.2) is 9.18 Å². The first kappa shape index (κ1) is 15.0. The molecule has 8 heteroatoms. The summed E-state index contributed by atoms with van der Waals surface area (Å²) in [5.41, 5.74) is 0.137. The maximum atomic E-state index is 13.1. The Morgan fingerprint density at radius 1 is 1.38 bits per heavy atom. The van der Waals surface area contributed by atoms with Crippen LogP contribution in [-0.2, 0) is 0 Å². The molecule has 1 aliphatic rings. The first-order valence-electron chi connectivity index (χ1n) is 6.74. The second-order valence-corrected chi connectivity index (χ2v) is 4.70. The summed E-state index contributed by atoms with van der Waals surface area (Å²) in [6, 6.07) is 3.41. The Morgan fingerprint density at radius 3 is 2.62 bits per heavy atom. The Bertz CT molecular complexity index is 544.